The fraction of sp³-hybridized carbons (Fsp3) is 0.167. The van der Waals surface area contributed by atoms with E-state index in [1.165, 1.54) is 0 Å². The summed E-state index contributed by atoms with van der Waals surface area (Å²) in [6.45, 7) is 1.74. The molecule has 0 saturated heterocycles. The summed E-state index contributed by atoms with van der Waals surface area (Å²) in [4.78, 5) is 8.24. The van der Waals surface area contributed by atoms with Gasteiger partial charge in [-0.05, 0) is 12.1 Å². The molecular weight excluding hydrogens is 200 g/mol. The number of hydrogen-bond donors (Lipinski definition) is 0. The van der Waals surface area contributed by atoms with Crippen LogP contribution in [0.1, 0.15) is 0 Å². The molecule has 0 aliphatic rings. The van der Waals surface area contributed by atoms with Crippen LogP contribution < -0.4 is 0 Å². The smallest absolute Gasteiger partial charge is 0.177 e. The molecule has 1 aromatic carbocycles. The Bertz CT molecular complexity index is 580. The molecule has 0 amide bonds. The molecule has 2 heterocycles. The summed E-state index contributed by atoms with van der Waals surface area (Å²) in [6.07, 6.45) is 8.57. The van der Waals surface area contributed by atoms with E-state index >= 15 is 0 Å². The van der Waals surface area contributed by atoms with Crippen molar-refractivity contribution in [3.8, 4) is 0 Å². The predicted molar refractivity (Wildman–Crippen MR) is 60.8 cm³/mol. The summed E-state index contributed by atoms with van der Waals surface area (Å²) < 4.78 is 4.08. The Labute approximate surface area is 93.2 Å². The minimum atomic E-state index is 0.858. The second kappa shape index (κ2) is 3.81. The third-order valence-electron chi connectivity index (χ3n) is 2.60. The second-order valence-corrected chi connectivity index (χ2v) is 3.65. The summed E-state index contributed by atoms with van der Waals surface area (Å²) in [5, 5.41) is 0. The first-order valence-corrected chi connectivity index (χ1v) is 5.22. The van der Waals surface area contributed by atoms with Gasteiger partial charge in [0.25, 0.3) is 0 Å². The average Bonchev–Trinajstić information content (AvgIpc) is 2.96. The van der Waals surface area contributed by atoms with Gasteiger partial charge >= 0.3 is 0 Å². The SMILES string of the molecule is [c]1nc2ccccc2n1CCn1ccnc1. The van der Waals surface area contributed by atoms with Gasteiger partial charge in [-0.2, -0.15) is 0 Å². The summed E-state index contributed by atoms with van der Waals surface area (Å²) >= 11 is 0. The molecule has 79 valence electrons. The first-order chi connectivity index (χ1) is 7.93. The number of hydrogen-bond acceptors (Lipinski definition) is 2. The predicted octanol–water partition coefficient (Wildman–Crippen LogP) is 1.73. The van der Waals surface area contributed by atoms with Gasteiger partial charge in [0.05, 0.1) is 17.4 Å². The second-order valence-electron chi connectivity index (χ2n) is 3.65. The van der Waals surface area contributed by atoms with Crippen LogP contribution in [0.2, 0.25) is 0 Å². The lowest BCUT2D eigenvalue weighted by Gasteiger charge is -2.04. The van der Waals surface area contributed by atoms with Crippen molar-refractivity contribution in [2.24, 2.45) is 0 Å². The maximum atomic E-state index is 4.23. The highest BCUT2D eigenvalue weighted by Gasteiger charge is 2.01. The van der Waals surface area contributed by atoms with Crippen LogP contribution >= 0.6 is 0 Å². The number of para-hydroxylation sites is 2. The fourth-order valence-electron chi connectivity index (χ4n) is 1.76. The monoisotopic (exact) mass is 211 g/mol. The van der Waals surface area contributed by atoms with Crippen molar-refractivity contribution in [3.63, 3.8) is 0 Å². The van der Waals surface area contributed by atoms with Gasteiger partial charge in [0, 0.05) is 25.5 Å². The van der Waals surface area contributed by atoms with Crippen molar-refractivity contribution >= 4 is 11.0 Å². The molecule has 3 aromatic rings. The van der Waals surface area contributed by atoms with Gasteiger partial charge < -0.3 is 9.13 Å². The zero-order chi connectivity index (χ0) is 10.8. The highest BCUT2D eigenvalue weighted by molar-refractivity contribution is 5.74. The Morgan fingerprint density at radius 3 is 3.00 bits per heavy atom. The molecule has 0 saturated carbocycles. The van der Waals surface area contributed by atoms with Gasteiger partial charge in [0.15, 0.2) is 6.33 Å². The standard InChI is InChI=1S/C12H11N4/c1-2-4-12-11(3-1)14-10-16(12)8-7-15-6-5-13-9-15/h1-6,9H,7-8H2. The van der Waals surface area contributed by atoms with E-state index < -0.39 is 0 Å². The highest BCUT2D eigenvalue weighted by Crippen LogP contribution is 2.11. The van der Waals surface area contributed by atoms with E-state index in [4.69, 9.17) is 0 Å². The molecule has 1 radical (unpaired) electrons. The summed E-state index contributed by atoms with van der Waals surface area (Å²) in [7, 11) is 0. The minimum absolute atomic E-state index is 0.858. The van der Waals surface area contributed by atoms with E-state index in [0.29, 0.717) is 0 Å². The maximum absolute atomic E-state index is 4.23. The van der Waals surface area contributed by atoms with Crippen LogP contribution in [0.4, 0.5) is 0 Å². The van der Waals surface area contributed by atoms with Gasteiger partial charge in [-0.3, -0.25) is 0 Å². The lowest BCUT2D eigenvalue weighted by atomic mass is 10.3. The lowest BCUT2D eigenvalue weighted by molar-refractivity contribution is 0.586. The molecule has 0 spiro atoms. The lowest BCUT2D eigenvalue weighted by Crippen LogP contribution is -2.04. The first kappa shape index (κ1) is 9.15. The molecule has 3 rings (SSSR count). The van der Waals surface area contributed by atoms with Gasteiger partial charge in [-0.25, -0.2) is 9.97 Å². The van der Waals surface area contributed by atoms with E-state index in [2.05, 4.69) is 22.4 Å². The topological polar surface area (TPSA) is 35.6 Å². The molecule has 2 aromatic heterocycles. The Morgan fingerprint density at radius 2 is 2.12 bits per heavy atom. The molecule has 0 aliphatic heterocycles. The molecule has 0 atom stereocenters. The summed E-state index contributed by atoms with van der Waals surface area (Å²) in [6, 6.07) is 8.07. The van der Waals surface area contributed by atoms with Gasteiger partial charge in [0.2, 0.25) is 0 Å². The third kappa shape index (κ3) is 1.58. The number of aromatic nitrogens is 4. The number of fused-ring (bicyclic) bond motifs is 1. The van der Waals surface area contributed by atoms with Crippen LogP contribution in [-0.2, 0) is 13.1 Å². The van der Waals surface area contributed by atoms with E-state index in [-0.39, 0.29) is 0 Å². The molecule has 0 N–H and O–H groups in total. The average molecular weight is 211 g/mol. The van der Waals surface area contributed by atoms with E-state index in [0.717, 1.165) is 24.1 Å². The number of aryl methyl sites for hydroxylation is 2. The number of imidazole rings is 2. The Hall–Kier alpha value is -2.10. The molecule has 0 aliphatic carbocycles. The fourth-order valence-corrected chi connectivity index (χ4v) is 1.76. The van der Waals surface area contributed by atoms with Gasteiger partial charge in [-0.15, -0.1) is 0 Å². The molecule has 16 heavy (non-hydrogen) atoms. The van der Waals surface area contributed by atoms with Gasteiger partial charge in [-0.1, -0.05) is 12.1 Å². The Balaban J connectivity index is 1.84. The van der Waals surface area contributed by atoms with Crippen molar-refractivity contribution in [2.45, 2.75) is 13.1 Å². The van der Waals surface area contributed by atoms with Crippen molar-refractivity contribution in [1.29, 1.82) is 0 Å². The minimum Gasteiger partial charge on any atom is -0.336 e. The van der Waals surface area contributed by atoms with Crippen LogP contribution in [0.5, 0.6) is 0 Å². The van der Waals surface area contributed by atoms with Crippen LogP contribution in [0.3, 0.4) is 0 Å². The van der Waals surface area contributed by atoms with Crippen molar-refractivity contribution in [3.05, 3.63) is 49.3 Å². The zero-order valence-corrected chi connectivity index (χ0v) is 8.74. The van der Waals surface area contributed by atoms with E-state index in [1.54, 1.807) is 6.20 Å². The van der Waals surface area contributed by atoms with Crippen LogP contribution in [0, 0.1) is 6.33 Å². The Morgan fingerprint density at radius 1 is 1.19 bits per heavy atom. The van der Waals surface area contributed by atoms with Crippen LogP contribution in [-0.4, -0.2) is 19.1 Å². The summed E-state index contributed by atoms with van der Waals surface area (Å²) in [5.74, 6) is 0. The molecule has 0 fully saturated rings. The third-order valence-corrected chi connectivity index (χ3v) is 2.60. The molecule has 0 unspecified atom stereocenters. The van der Waals surface area contributed by atoms with Crippen molar-refractivity contribution in [2.75, 3.05) is 0 Å². The highest BCUT2D eigenvalue weighted by atomic mass is 15.1. The van der Waals surface area contributed by atoms with E-state index in [9.17, 15) is 0 Å². The quantitative estimate of drug-likeness (QED) is 0.661. The summed E-state index contributed by atoms with van der Waals surface area (Å²) in [5.41, 5.74) is 2.12. The maximum Gasteiger partial charge on any atom is 0.177 e. The van der Waals surface area contributed by atoms with Crippen molar-refractivity contribution in [1.82, 2.24) is 19.1 Å². The number of benzene rings is 1. The molecule has 0 bridgehead atoms. The first-order valence-electron chi connectivity index (χ1n) is 5.22. The Kier molecular flexibility index (Phi) is 2.18. The number of nitrogens with zero attached hydrogens (tertiary/aromatic N) is 4. The molecule has 4 nitrogen and oxygen atoms in total. The normalized spacial score (nSPS) is 11.0. The van der Waals surface area contributed by atoms with Crippen molar-refractivity contribution < 1.29 is 0 Å². The number of rotatable bonds is 3. The largest absolute Gasteiger partial charge is 0.336 e. The molecular formula is C12H11N4. The van der Waals surface area contributed by atoms with Crippen LogP contribution in [0.15, 0.2) is 43.0 Å². The molecule has 4 heteroatoms. The zero-order valence-electron chi connectivity index (χ0n) is 8.74. The van der Waals surface area contributed by atoms with Gasteiger partial charge in [0.1, 0.15) is 0 Å². The van der Waals surface area contributed by atoms with E-state index in [1.807, 2.05) is 39.9 Å². The van der Waals surface area contributed by atoms with Crippen LogP contribution in [0.25, 0.3) is 11.0 Å².